The number of hydrogen-bond acceptors (Lipinski definition) is 3. The molecule has 0 bridgehead atoms. The van der Waals surface area contributed by atoms with Crippen LogP contribution in [0.4, 0.5) is 4.79 Å². The van der Waals surface area contributed by atoms with Gasteiger partial charge in [0.05, 0.1) is 12.2 Å². The van der Waals surface area contributed by atoms with Gasteiger partial charge in [0.1, 0.15) is 0 Å². The minimum atomic E-state index is -0.978. The molecule has 0 radical (unpaired) electrons. The first-order valence-electron chi connectivity index (χ1n) is 6.42. The summed E-state index contributed by atoms with van der Waals surface area (Å²) >= 11 is 0. The second-order valence-electron chi connectivity index (χ2n) is 4.24. The highest BCUT2D eigenvalue weighted by atomic mass is 16.5. The molecule has 0 aliphatic carbocycles. The van der Waals surface area contributed by atoms with Crippen molar-refractivity contribution in [2.24, 2.45) is 0 Å². The van der Waals surface area contributed by atoms with Crippen LogP contribution >= 0.6 is 0 Å². The number of methoxy groups -OCH3 is 1. The molecule has 0 aliphatic heterocycles. The third-order valence-electron chi connectivity index (χ3n) is 2.85. The minimum absolute atomic E-state index is 0.190. The fraction of sp³-hybridized carbons (Fsp3) is 0.429. The number of ether oxygens (including phenoxy) is 1. The zero-order valence-electron chi connectivity index (χ0n) is 11.8. The van der Waals surface area contributed by atoms with E-state index in [-0.39, 0.29) is 11.6 Å². The first kappa shape index (κ1) is 16.0. The lowest BCUT2D eigenvalue weighted by molar-refractivity contribution is 0.0696. The molecule has 2 amide bonds. The Morgan fingerprint density at radius 3 is 2.75 bits per heavy atom. The highest BCUT2D eigenvalue weighted by Gasteiger charge is 2.11. The lowest BCUT2D eigenvalue weighted by Crippen LogP contribution is -2.41. The number of rotatable bonds is 7. The van der Waals surface area contributed by atoms with Gasteiger partial charge in [-0.3, -0.25) is 0 Å². The molecule has 0 heterocycles. The fourth-order valence-electron chi connectivity index (χ4n) is 1.71. The van der Waals surface area contributed by atoms with E-state index in [2.05, 4.69) is 5.32 Å². The van der Waals surface area contributed by atoms with Crippen LogP contribution in [-0.4, -0.2) is 48.8 Å². The van der Waals surface area contributed by atoms with Crippen molar-refractivity contribution in [3.05, 3.63) is 35.4 Å². The van der Waals surface area contributed by atoms with Gasteiger partial charge in [0.25, 0.3) is 0 Å². The molecule has 6 nitrogen and oxygen atoms in total. The molecule has 1 aromatic carbocycles. The van der Waals surface area contributed by atoms with Crippen molar-refractivity contribution in [2.75, 3.05) is 26.8 Å². The molecule has 0 spiro atoms. The number of likely N-dealkylation sites (N-methyl/N-ethyl adjacent to an activating group) is 1. The topological polar surface area (TPSA) is 78.9 Å². The highest BCUT2D eigenvalue weighted by Crippen LogP contribution is 2.05. The number of benzene rings is 1. The van der Waals surface area contributed by atoms with Crippen LogP contribution in [-0.2, 0) is 11.3 Å². The summed E-state index contributed by atoms with van der Waals surface area (Å²) in [5.41, 5.74) is 0.963. The number of carbonyl (C=O) groups excluding carboxylic acids is 1. The molecule has 110 valence electrons. The van der Waals surface area contributed by atoms with Crippen molar-refractivity contribution in [3.63, 3.8) is 0 Å². The molecular formula is C14H20N2O4. The van der Waals surface area contributed by atoms with Crippen LogP contribution in [0, 0.1) is 0 Å². The van der Waals surface area contributed by atoms with Crippen LogP contribution in [0.1, 0.15) is 22.8 Å². The number of hydrogen-bond donors (Lipinski definition) is 2. The summed E-state index contributed by atoms with van der Waals surface area (Å²) in [6.07, 6.45) is 0. The van der Waals surface area contributed by atoms with Crippen molar-refractivity contribution in [3.8, 4) is 0 Å². The van der Waals surface area contributed by atoms with Crippen molar-refractivity contribution in [1.82, 2.24) is 10.2 Å². The first-order chi connectivity index (χ1) is 9.58. The van der Waals surface area contributed by atoms with Crippen LogP contribution in [0.2, 0.25) is 0 Å². The van der Waals surface area contributed by atoms with Crippen molar-refractivity contribution >= 4 is 12.0 Å². The summed E-state index contributed by atoms with van der Waals surface area (Å²) in [7, 11) is 1.59. The molecule has 0 fully saturated rings. The molecule has 2 N–H and O–H groups in total. The Balaban J connectivity index is 2.55. The lowest BCUT2D eigenvalue weighted by Gasteiger charge is -2.21. The molecule has 0 atom stereocenters. The Morgan fingerprint density at radius 1 is 1.40 bits per heavy atom. The molecule has 0 aliphatic rings. The number of carboxylic acids is 1. The van der Waals surface area contributed by atoms with Crippen LogP contribution in [0.25, 0.3) is 0 Å². The largest absolute Gasteiger partial charge is 0.478 e. The number of urea groups is 1. The van der Waals surface area contributed by atoms with Gasteiger partial charge in [-0.1, -0.05) is 12.1 Å². The second kappa shape index (κ2) is 8.16. The Morgan fingerprint density at radius 2 is 2.15 bits per heavy atom. The number of nitrogens with zero attached hydrogens (tertiary/aromatic N) is 1. The maximum Gasteiger partial charge on any atom is 0.335 e. The SMILES string of the molecule is CCN(CCOC)C(=O)NCc1cccc(C(=O)O)c1. The quantitative estimate of drug-likeness (QED) is 0.794. The van der Waals surface area contributed by atoms with Crippen LogP contribution in [0.15, 0.2) is 24.3 Å². The molecular weight excluding hydrogens is 260 g/mol. The average Bonchev–Trinajstić information content (AvgIpc) is 2.46. The van der Waals surface area contributed by atoms with E-state index in [0.29, 0.717) is 26.2 Å². The van der Waals surface area contributed by atoms with Crippen molar-refractivity contribution in [2.45, 2.75) is 13.5 Å². The highest BCUT2D eigenvalue weighted by molar-refractivity contribution is 5.87. The molecule has 0 unspecified atom stereocenters. The summed E-state index contributed by atoms with van der Waals surface area (Å²) in [6, 6.07) is 6.31. The van der Waals surface area contributed by atoms with Crippen LogP contribution in [0.5, 0.6) is 0 Å². The maximum atomic E-state index is 11.9. The van der Waals surface area contributed by atoms with E-state index in [0.717, 1.165) is 5.56 Å². The molecule has 1 aromatic rings. The lowest BCUT2D eigenvalue weighted by atomic mass is 10.1. The Bertz CT molecular complexity index is 462. The van der Waals surface area contributed by atoms with E-state index in [9.17, 15) is 9.59 Å². The predicted octanol–water partition coefficient (Wildman–Crippen LogP) is 1.56. The number of nitrogens with one attached hydrogen (secondary N) is 1. The molecule has 0 saturated carbocycles. The van der Waals surface area contributed by atoms with E-state index in [1.165, 1.54) is 6.07 Å². The Hall–Kier alpha value is -2.08. The van der Waals surface area contributed by atoms with Gasteiger partial charge in [0, 0.05) is 26.7 Å². The second-order valence-corrected chi connectivity index (χ2v) is 4.24. The summed E-state index contributed by atoms with van der Waals surface area (Å²) in [5.74, 6) is -0.978. The monoisotopic (exact) mass is 280 g/mol. The zero-order chi connectivity index (χ0) is 15.0. The summed E-state index contributed by atoms with van der Waals surface area (Å²) in [4.78, 5) is 24.4. The van der Waals surface area contributed by atoms with Gasteiger partial charge in [-0.2, -0.15) is 0 Å². The van der Waals surface area contributed by atoms with E-state index >= 15 is 0 Å². The summed E-state index contributed by atoms with van der Waals surface area (Å²) < 4.78 is 4.94. The van der Waals surface area contributed by atoms with Gasteiger partial charge in [0.2, 0.25) is 0 Å². The van der Waals surface area contributed by atoms with E-state index < -0.39 is 5.97 Å². The van der Waals surface area contributed by atoms with Crippen LogP contribution in [0.3, 0.4) is 0 Å². The van der Waals surface area contributed by atoms with Crippen molar-refractivity contribution < 1.29 is 19.4 Å². The fourth-order valence-corrected chi connectivity index (χ4v) is 1.71. The van der Waals surface area contributed by atoms with Gasteiger partial charge in [-0.05, 0) is 24.6 Å². The summed E-state index contributed by atoms with van der Waals surface area (Å²) in [5, 5.41) is 11.7. The van der Waals surface area contributed by atoms with Gasteiger partial charge in [0.15, 0.2) is 0 Å². The first-order valence-corrected chi connectivity index (χ1v) is 6.42. The standard InChI is InChI=1S/C14H20N2O4/c1-3-16(7-8-20-2)14(19)15-10-11-5-4-6-12(9-11)13(17)18/h4-6,9H,3,7-8,10H2,1-2H3,(H,15,19)(H,17,18). The van der Waals surface area contributed by atoms with E-state index in [1.807, 2.05) is 6.92 Å². The maximum absolute atomic E-state index is 11.9. The molecule has 0 aromatic heterocycles. The molecule has 1 rings (SSSR count). The minimum Gasteiger partial charge on any atom is -0.478 e. The molecule has 20 heavy (non-hydrogen) atoms. The smallest absolute Gasteiger partial charge is 0.335 e. The number of carboxylic acid groups (broad SMARTS) is 1. The Kier molecular flexibility index (Phi) is 6.52. The van der Waals surface area contributed by atoms with Gasteiger partial charge in [-0.15, -0.1) is 0 Å². The molecule has 0 saturated heterocycles. The van der Waals surface area contributed by atoms with Gasteiger partial charge >= 0.3 is 12.0 Å². The number of amides is 2. The number of aromatic carboxylic acids is 1. The average molecular weight is 280 g/mol. The third-order valence-corrected chi connectivity index (χ3v) is 2.85. The Labute approximate surface area is 118 Å². The summed E-state index contributed by atoms with van der Waals surface area (Å²) in [6.45, 7) is 3.78. The van der Waals surface area contributed by atoms with E-state index in [1.54, 1.807) is 30.2 Å². The zero-order valence-corrected chi connectivity index (χ0v) is 11.8. The van der Waals surface area contributed by atoms with Gasteiger partial charge in [-0.25, -0.2) is 9.59 Å². The van der Waals surface area contributed by atoms with Crippen LogP contribution < -0.4 is 5.32 Å². The normalized spacial score (nSPS) is 10.1. The predicted molar refractivity (Wildman–Crippen MR) is 74.8 cm³/mol. The number of carbonyl (C=O) groups is 2. The van der Waals surface area contributed by atoms with Gasteiger partial charge < -0.3 is 20.1 Å². The van der Waals surface area contributed by atoms with Crippen molar-refractivity contribution in [1.29, 1.82) is 0 Å². The third kappa shape index (κ3) is 4.89. The molecule has 6 heteroatoms. The van der Waals surface area contributed by atoms with E-state index in [4.69, 9.17) is 9.84 Å².